The summed E-state index contributed by atoms with van der Waals surface area (Å²) < 4.78 is 12.2. The molecule has 0 saturated carbocycles. The molecule has 0 fully saturated rings. The van der Waals surface area contributed by atoms with Crippen LogP contribution in [0.1, 0.15) is 37.6 Å². The molecule has 1 unspecified atom stereocenters. The molecule has 0 spiro atoms. The van der Waals surface area contributed by atoms with E-state index in [0.717, 1.165) is 29.5 Å². The summed E-state index contributed by atoms with van der Waals surface area (Å²) in [5.74, 6) is 1.47. The zero-order valence-electron chi connectivity index (χ0n) is 18.4. The van der Waals surface area contributed by atoms with Crippen LogP contribution < -0.4 is 20.3 Å². The summed E-state index contributed by atoms with van der Waals surface area (Å²) in [6, 6.07) is 5.21. The highest BCUT2D eigenvalue weighted by Crippen LogP contribution is 2.41. The number of amides is 1. The van der Waals surface area contributed by atoms with Crippen molar-refractivity contribution >= 4 is 33.1 Å². The lowest BCUT2D eigenvalue weighted by molar-refractivity contribution is -0.117. The minimum atomic E-state index is -0.352. The van der Waals surface area contributed by atoms with Gasteiger partial charge in [0.05, 0.1) is 5.39 Å². The van der Waals surface area contributed by atoms with Crippen LogP contribution in [0.25, 0.3) is 10.2 Å². The van der Waals surface area contributed by atoms with Gasteiger partial charge in [-0.3, -0.25) is 9.59 Å². The Bertz CT molecular complexity index is 1260. The van der Waals surface area contributed by atoms with Gasteiger partial charge in [-0.15, -0.1) is 16.4 Å². The third kappa shape index (κ3) is 3.85. The lowest BCUT2D eigenvalue weighted by Crippen LogP contribution is -2.31. The molecule has 168 valence electrons. The van der Waals surface area contributed by atoms with Crippen molar-refractivity contribution in [1.29, 1.82) is 0 Å². The van der Waals surface area contributed by atoms with Crippen molar-refractivity contribution in [3.63, 3.8) is 0 Å². The molecule has 1 atom stereocenters. The van der Waals surface area contributed by atoms with Crippen LogP contribution in [-0.4, -0.2) is 34.1 Å². The molecule has 5 rings (SSSR count). The van der Waals surface area contributed by atoms with E-state index in [1.807, 2.05) is 0 Å². The van der Waals surface area contributed by atoms with Crippen LogP contribution >= 0.6 is 11.3 Å². The molecule has 8 nitrogen and oxygen atoms in total. The molecular weight excluding hydrogens is 428 g/mol. The predicted molar refractivity (Wildman–Crippen MR) is 123 cm³/mol. The fourth-order valence-electron chi connectivity index (χ4n) is 4.43. The minimum absolute atomic E-state index is 0.203. The van der Waals surface area contributed by atoms with Crippen LogP contribution in [0.5, 0.6) is 11.5 Å². The Morgan fingerprint density at radius 2 is 2.03 bits per heavy atom. The van der Waals surface area contributed by atoms with E-state index in [0.29, 0.717) is 46.5 Å². The van der Waals surface area contributed by atoms with Gasteiger partial charge in [0.1, 0.15) is 19.8 Å². The Hall–Kier alpha value is -2.94. The summed E-state index contributed by atoms with van der Waals surface area (Å²) in [7, 11) is 0. The lowest BCUT2D eigenvalue weighted by atomic mass is 9.72. The smallest absolute Gasteiger partial charge is 0.279 e. The van der Waals surface area contributed by atoms with Crippen molar-refractivity contribution in [1.82, 2.24) is 15.0 Å². The molecule has 2 aromatic heterocycles. The summed E-state index contributed by atoms with van der Waals surface area (Å²) in [4.78, 5) is 27.7. The van der Waals surface area contributed by atoms with Crippen LogP contribution in [0.2, 0.25) is 0 Å². The SMILES string of the molecule is CC(C)(C)C1CCc2c(sc3nnn(CC(=O)Nc4ccc5c(c4)OCCO5)c(=O)c23)C1. The number of aryl methyl sites for hydroxylation is 1. The zero-order valence-corrected chi connectivity index (χ0v) is 19.3. The van der Waals surface area contributed by atoms with Gasteiger partial charge in [-0.25, -0.2) is 4.68 Å². The number of thiophene rings is 1. The van der Waals surface area contributed by atoms with Crippen molar-refractivity contribution in [2.45, 2.75) is 46.6 Å². The number of nitrogens with zero attached hydrogens (tertiary/aromatic N) is 3. The van der Waals surface area contributed by atoms with Gasteiger partial charge < -0.3 is 14.8 Å². The summed E-state index contributed by atoms with van der Waals surface area (Å²) in [6.45, 7) is 7.57. The van der Waals surface area contributed by atoms with E-state index in [9.17, 15) is 9.59 Å². The Morgan fingerprint density at radius 1 is 1.25 bits per heavy atom. The van der Waals surface area contributed by atoms with Gasteiger partial charge in [-0.1, -0.05) is 26.0 Å². The quantitative estimate of drug-likeness (QED) is 0.652. The average molecular weight is 455 g/mol. The number of benzene rings is 1. The van der Waals surface area contributed by atoms with Crippen LogP contribution in [0.15, 0.2) is 23.0 Å². The van der Waals surface area contributed by atoms with Gasteiger partial charge in [-0.05, 0) is 48.3 Å². The molecule has 1 N–H and O–H groups in total. The largest absolute Gasteiger partial charge is 0.486 e. The maximum absolute atomic E-state index is 13.2. The van der Waals surface area contributed by atoms with E-state index in [1.54, 1.807) is 29.5 Å². The number of fused-ring (bicyclic) bond motifs is 4. The number of hydrogen-bond acceptors (Lipinski definition) is 7. The van der Waals surface area contributed by atoms with Crippen molar-refractivity contribution in [3.05, 3.63) is 39.0 Å². The summed E-state index contributed by atoms with van der Waals surface area (Å²) in [5, 5.41) is 11.7. The molecule has 9 heteroatoms. The predicted octanol–water partition coefficient (Wildman–Crippen LogP) is 3.41. The van der Waals surface area contributed by atoms with Gasteiger partial charge in [0, 0.05) is 16.6 Å². The number of carbonyl (C=O) groups is 1. The van der Waals surface area contributed by atoms with E-state index in [4.69, 9.17) is 9.47 Å². The second-order valence-electron chi connectivity index (χ2n) is 9.45. The van der Waals surface area contributed by atoms with Crippen LogP contribution in [0.3, 0.4) is 0 Å². The Kier molecular flexibility index (Phi) is 5.16. The van der Waals surface area contributed by atoms with Gasteiger partial charge >= 0.3 is 0 Å². The van der Waals surface area contributed by atoms with Gasteiger partial charge in [0.25, 0.3) is 5.56 Å². The van der Waals surface area contributed by atoms with Gasteiger partial charge in [0.2, 0.25) is 5.91 Å². The zero-order chi connectivity index (χ0) is 22.5. The number of ether oxygens (including phenoxy) is 2. The number of anilines is 1. The molecule has 3 aromatic rings. The second kappa shape index (κ2) is 7.88. The maximum Gasteiger partial charge on any atom is 0.279 e. The summed E-state index contributed by atoms with van der Waals surface area (Å²) >= 11 is 1.56. The average Bonchev–Trinajstić information content (AvgIpc) is 3.13. The molecule has 0 saturated heterocycles. The molecule has 1 aliphatic heterocycles. The first-order valence-corrected chi connectivity index (χ1v) is 11.7. The Morgan fingerprint density at radius 3 is 2.81 bits per heavy atom. The fourth-order valence-corrected chi connectivity index (χ4v) is 5.66. The highest BCUT2D eigenvalue weighted by molar-refractivity contribution is 7.18. The monoisotopic (exact) mass is 454 g/mol. The first kappa shape index (κ1) is 20.9. The number of aromatic nitrogens is 3. The molecule has 2 aliphatic rings. The number of rotatable bonds is 3. The third-order valence-corrected chi connectivity index (χ3v) is 7.42. The molecule has 1 amide bonds. The topological polar surface area (TPSA) is 95.3 Å². The Labute approximate surface area is 189 Å². The molecule has 1 aromatic carbocycles. The van der Waals surface area contributed by atoms with Crippen LogP contribution in [0.4, 0.5) is 5.69 Å². The molecule has 0 bridgehead atoms. The van der Waals surface area contributed by atoms with E-state index in [2.05, 4.69) is 36.4 Å². The van der Waals surface area contributed by atoms with Crippen molar-refractivity contribution < 1.29 is 14.3 Å². The van der Waals surface area contributed by atoms with Crippen LogP contribution in [-0.2, 0) is 24.2 Å². The molecule has 0 radical (unpaired) electrons. The van der Waals surface area contributed by atoms with E-state index >= 15 is 0 Å². The van der Waals surface area contributed by atoms with Crippen molar-refractivity contribution in [2.75, 3.05) is 18.5 Å². The van der Waals surface area contributed by atoms with Gasteiger partial charge in [0.15, 0.2) is 16.3 Å². The first-order chi connectivity index (χ1) is 15.3. The normalized spacial score (nSPS) is 17.8. The summed E-state index contributed by atoms with van der Waals surface area (Å²) in [5.41, 5.74) is 1.64. The molecule has 1 aliphatic carbocycles. The highest BCUT2D eigenvalue weighted by Gasteiger charge is 2.32. The highest BCUT2D eigenvalue weighted by atomic mass is 32.1. The van der Waals surface area contributed by atoms with E-state index in [-0.39, 0.29) is 23.4 Å². The Balaban J connectivity index is 1.37. The maximum atomic E-state index is 13.2. The van der Waals surface area contributed by atoms with Crippen molar-refractivity contribution in [3.8, 4) is 11.5 Å². The molecule has 32 heavy (non-hydrogen) atoms. The van der Waals surface area contributed by atoms with Gasteiger partial charge in [-0.2, -0.15) is 0 Å². The van der Waals surface area contributed by atoms with Crippen molar-refractivity contribution in [2.24, 2.45) is 11.3 Å². The standard InChI is InChI=1S/C23H26N4O4S/c1-23(2,3)13-4-6-15-18(10-13)32-21-20(15)22(29)27(26-25-21)12-19(28)24-14-5-7-16-17(11-14)31-9-8-30-16/h5,7,11,13H,4,6,8-10,12H2,1-3H3,(H,24,28). The fraction of sp³-hybridized carbons (Fsp3) is 0.478. The lowest BCUT2D eigenvalue weighted by Gasteiger charge is -2.33. The summed E-state index contributed by atoms with van der Waals surface area (Å²) in [6.07, 6.45) is 2.88. The molecular formula is C23H26N4O4S. The third-order valence-electron chi connectivity index (χ3n) is 6.28. The number of nitrogens with one attached hydrogen (secondary N) is 1. The second-order valence-corrected chi connectivity index (χ2v) is 10.5. The van der Waals surface area contributed by atoms with E-state index < -0.39 is 0 Å². The molecule has 3 heterocycles. The number of hydrogen-bond donors (Lipinski definition) is 1. The minimum Gasteiger partial charge on any atom is -0.486 e. The van der Waals surface area contributed by atoms with E-state index in [1.165, 1.54) is 4.88 Å². The van der Waals surface area contributed by atoms with Crippen LogP contribution in [0, 0.1) is 11.3 Å². The first-order valence-electron chi connectivity index (χ1n) is 10.9. The number of carbonyl (C=O) groups excluding carboxylic acids is 1.